The van der Waals surface area contributed by atoms with E-state index in [-0.39, 0.29) is 12.4 Å². The van der Waals surface area contributed by atoms with Gasteiger partial charge in [-0.15, -0.1) is 12.4 Å². The van der Waals surface area contributed by atoms with Crippen LogP contribution in [0.4, 0.5) is 0 Å². The Morgan fingerprint density at radius 2 is 2.20 bits per heavy atom. The second kappa shape index (κ2) is 6.23. The molecule has 1 aromatic rings. The minimum atomic E-state index is 0. The van der Waals surface area contributed by atoms with Crippen molar-refractivity contribution in [1.29, 1.82) is 0 Å². The highest BCUT2D eigenvalue weighted by Crippen LogP contribution is 2.46. The zero-order chi connectivity index (χ0) is 13.4. The number of hydrogen-bond donors (Lipinski definition) is 0. The van der Waals surface area contributed by atoms with Crippen molar-refractivity contribution in [3.63, 3.8) is 0 Å². The number of likely N-dealkylation sites (N-methyl/N-ethyl adjacent to an activating group) is 1. The predicted octanol–water partition coefficient (Wildman–Crippen LogP) is 3.39. The molecule has 0 aliphatic carbocycles. The Bertz CT molecular complexity index is 478. The Kier molecular flexibility index (Phi) is 4.82. The molecule has 1 fully saturated rings. The average molecular weight is 298 g/mol. The van der Waals surface area contributed by atoms with Gasteiger partial charge in [-0.2, -0.15) is 0 Å². The van der Waals surface area contributed by atoms with Crippen molar-refractivity contribution in [2.45, 2.75) is 38.6 Å². The molecule has 0 aromatic heterocycles. The van der Waals surface area contributed by atoms with Gasteiger partial charge in [0.05, 0.1) is 12.6 Å². The van der Waals surface area contributed by atoms with Crippen LogP contribution in [0.3, 0.4) is 0 Å². The quantitative estimate of drug-likeness (QED) is 0.835. The standard InChI is InChI=1S/C16H23NO2.ClH/c1-4-18-15-11(2)7-8-13-12-6-5-9-17(3)14(12)10-19-16(13)15;/h7-8,12,14H,4-6,9-10H2,1-3H3;1H/t12-,14-;/m0./s1. The second-order valence-electron chi connectivity index (χ2n) is 5.67. The van der Waals surface area contributed by atoms with Crippen molar-refractivity contribution in [2.24, 2.45) is 0 Å². The third kappa shape index (κ3) is 2.49. The van der Waals surface area contributed by atoms with Crippen LogP contribution in [0.5, 0.6) is 11.5 Å². The number of fused-ring (bicyclic) bond motifs is 3. The van der Waals surface area contributed by atoms with Crippen LogP contribution in [-0.2, 0) is 0 Å². The molecule has 0 unspecified atom stereocenters. The number of piperidine rings is 1. The predicted molar refractivity (Wildman–Crippen MR) is 83.5 cm³/mol. The molecule has 3 rings (SSSR count). The molecular formula is C16H24ClNO2. The number of likely N-dealkylation sites (tertiary alicyclic amines) is 1. The van der Waals surface area contributed by atoms with E-state index in [4.69, 9.17) is 9.47 Å². The highest BCUT2D eigenvalue weighted by Gasteiger charge is 2.37. The number of ether oxygens (including phenoxy) is 2. The molecule has 112 valence electrons. The van der Waals surface area contributed by atoms with Gasteiger partial charge in [0.15, 0.2) is 11.5 Å². The van der Waals surface area contributed by atoms with Crippen LogP contribution >= 0.6 is 12.4 Å². The maximum Gasteiger partial charge on any atom is 0.165 e. The molecule has 3 nitrogen and oxygen atoms in total. The van der Waals surface area contributed by atoms with Crippen molar-refractivity contribution in [3.8, 4) is 11.5 Å². The third-order valence-corrected chi connectivity index (χ3v) is 4.48. The summed E-state index contributed by atoms with van der Waals surface area (Å²) in [7, 11) is 2.21. The van der Waals surface area contributed by atoms with Gasteiger partial charge in [0.25, 0.3) is 0 Å². The molecule has 20 heavy (non-hydrogen) atoms. The van der Waals surface area contributed by atoms with E-state index in [1.807, 2.05) is 6.92 Å². The lowest BCUT2D eigenvalue weighted by Crippen LogP contribution is -2.47. The molecule has 0 bridgehead atoms. The Labute approximate surface area is 127 Å². The number of nitrogens with zero attached hydrogens (tertiary/aromatic N) is 1. The van der Waals surface area contributed by atoms with Crippen LogP contribution in [0.25, 0.3) is 0 Å². The highest BCUT2D eigenvalue weighted by molar-refractivity contribution is 5.85. The lowest BCUT2D eigenvalue weighted by Gasteiger charge is -2.43. The Morgan fingerprint density at radius 1 is 1.40 bits per heavy atom. The van der Waals surface area contributed by atoms with Gasteiger partial charge in [0.2, 0.25) is 0 Å². The van der Waals surface area contributed by atoms with Gasteiger partial charge in [-0.25, -0.2) is 0 Å². The number of benzene rings is 1. The molecule has 2 atom stereocenters. The summed E-state index contributed by atoms with van der Waals surface area (Å²) < 4.78 is 11.9. The first kappa shape index (κ1) is 15.5. The minimum absolute atomic E-state index is 0. The summed E-state index contributed by atoms with van der Waals surface area (Å²) >= 11 is 0. The monoisotopic (exact) mass is 297 g/mol. The molecule has 2 aliphatic rings. The van der Waals surface area contributed by atoms with E-state index < -0.39 is 0 Å². The third-order valence-electron chi connectivity index (χ3n) is 4.48. The summed E-state index contributed by atoms with van der Waals surface area (Å²) in [5, 5.41) is 0. The van der Waals surface area contributed by atoms with Gasteiger partial charge in [-0.1, -0.05) is 12.1 Å². The van der Waals surface area contributed by atoms with Crippen molar-refractivity contribution < 1.29 is 9.47 Å². The lowest BCUT2D eigenvalue weighted by atomic mass is 9.81. The fourth-order valence-electron chi connectivity index (χ4n) is 3.44. The Morgan fingerprint density at radius 3 is 2.95 bits per heavy atom. The van der Waals surface area contributed by atoms with Crippen molar-refractivity contribution in [1.82, 2.24) is 4.90 Å². The zero-order valence-corrected chi connectivity index (χ0v) is 13.3. The number of aryl methyl sites for hydroxylation is 1. The summed E-state index contributed by atoms with van der Waals surface area (Å²) in [6.07, 6.45) is 2.54. The molecule has 4 heteroatoms. The van der Waals surface area contributed by atoms with Crippen LogP contribution in [-0.4, -0.2) is 37.7 Å². The van der Waals surface area contributed by atoms with Crippen molar-refractivity contribution >= 4 is 12.4 Å². The topological polar surface area (TPSA) is 21.7 Å². The molecule has 0 N–H and O–H groups in total. The largest absolute Gasteiger partial charge is 0.490 e. The van der Waals surface area contributed by atoms with Gasteiger partial charge >= 0.3 is 0 Å². The summed E-state index contributed by atoms with van der Waals surface area (Å²) in [5.41, 5.74) is 2.51. The summed E-state index contributed by atoms with van der Waals surface area (Å²) in [5.74, 6) is 2.55. The van der Waals surface area contributed by atoms with E-state index in [9.17, 15) is 0 Å². The van der Waals surface area contributed by atoms with Crippen LogP contribution in [0.15, 0.2) is 12.1 Å². The fourth-order valence-corrected chi connectivity index (χ4v) is 3.44. The first-order valence-corrected chi connectivity index (χ1v) is 7.31. The molecule has 1 saturated heterocycles. The van der Waals surface area contributed by atoms with Crippen LogP contribution in [0.2, 0.25) is 0 Å². The Hall–Kier alpha value is -0.930. The van der Waals surface area contributed by atoms with Gasteiger partial charge in [0.1, 0.15) is 6.61 Å². The Balaban J connectivity index is 0.00000147. The highest BCUT2D eigenvalue weighted by atomic mass is 35.5. The number of halogens is 1. The lowest BCUT2D eigenvalue weighted by molar-refractivity contribution is 0.0841. The van der Waals surface area contributed by atoms with Gasteiger partial charge in [-0.3, -0.25) is 4.90 Å². The van der Waals surface area contributed by atoms with Crippen molar-refractivity contribution in [3.05, 3.63) is 23.3 Å². The molecule has 1 aromatic carbocycles. The summed E-state index contributed by atoms with van der Waals surface area (Å²) in [6, 6.07) is 4.94. The molecule has 0 amide bonds. The van der Waals surface area contributed by atoms with Gasteiger partial charge < -0.3 is 9.47 Å². The van der Waals surface area contributed by atoms with E-state index in [0.717, 1.165) is 18.1 Å². The zero-order valence-electron chi connectivity index (χ0n) is 12.5. The summed E-state index contributed by atoms with van der Waals surface area (Å²) in [4.78, 5) is 2.44. The first-order valence-electron chi connectivity index (χ1n) is 7.31. The molecule has 2 aliphatic heterocycles. The average Bonchev–Trinajstić information content (AvgIpc) is 2.42. The molecule has 0 saturated carbocycles. The number of rotatable bonds is 2. The van der Waals surface area contributed by atoms with Crippen LogP contribution < -0.4 is 9.47 Å². The normalized spacial score (nSPS) is 24.9. The molecule has 0 radical (unpaired) electrons. The maximum atomic E-state index is 6.06. The first-order chi connectivity index (χ1) is 9.22. The minimum Gasteiger partial charge on any atom is -0.490 e. The van der Waals surface area contributed by atoms with Gasteiger partial charge in [0, 0.05) is 11.5 Å². The van der Waals surface area contributed by atoms with E-state index in [1.54, 1.807) is 0 Å². The van der Waals surface area contributed by atoms with E-state index in [0.29, 0.717) is 18.6 Å². The van der Waals surface area contributed by atoms with Crippen LogP contribution in [0.1, 0.15) is 36.8 Å². The molecule has 0 spiro atoms. The smallest absolute Gasteiger partial charge is 0.165 e. The van der Waals surface area contributed by atoms with Crippen molar-refractivity contribution in [2.75, 3.05) is 26.8 Å². The molecule has 2 heterocycles. The van der Waals surface area contributed by atoms with E-state index >= 15 is 0 Å². The van der Waals surface area contributed by atoms with E-state index in [1.165, 1.54) is 30.5 Å². The molecular weight excluding hydrogens is 274 g/mol. The summed E-state index contributed by atoms with van der Waals surface area (Å²) in [6.45, 7) is 6.78. The van der Waals surface area contributed by atoms with E-state index in [2.05, 4.69) is 31.0 Å². The van der Waals surface area contributed by atoms with Crippen LogP contribution in [0, 0.1) is 6.92 Å². The fraction of sp³-hybridized carbons (Fsp3) is 0.625. The number of hydrogen-bond acceptors (Lipinski definition) is 3. The maximum absolute atomic E-state index is 6.06. The van der Waals surface area contributed by atoms with Gasteiger partial charge in [-0.05, 0) is 45.8 Å². The second-order valence-corrected chi connectivity index (χ2v) is 5.67. The SMILES string of the molecule is CCOc1c(C)ccc2c1OC[C@H]1[C@H]2CCCN1C.Cl.